The smallest absolute Gasteiger partial charge is 0.342 e. The summed E-state index contributed by atoms with van der Waals surface area (Å²) in [6, 6.07) is 11.2. The second-order valence-corrected chi connectivity index (χ2v) is 8.18. The van der Waals surface area contributed by atoms with Crippen LogP contribution in [0, 0.1) is 17.5 Å². The van der Waals surface area contributed by atoms with E-state index in [-0.39, 0.29) is 22.5 Å². The average Bonchev–Trinajstić information content (AvgIpc) is 2.88. The zero-order valence-corrected chi connectivity index (χ0v) is 19.8. The van der Waals surface area contributed by atoms with Crippen LogP contribution in [0.25, 0.3) is 11.4 Å². The van der Waals surface area contributed by atoms with E-state index in [1.807, 2.05) is 0 Å². The van der Waals surface area contributed by atoms with Crippen LogP contribution in [-0.4, -0.2) is 24.6 Å². The van der Waals surface area contributed by atoms with Crippen molar-refractivity contribution in [3.63, 3.8) is 0 Å². The second-order valence-electron chi connectivity index (χ2n) is 8.18. The molecule has 0 aliphatic carbocycles. The van der Waals surface area contributed by atoms with Gasteiger partial charge in [-0.2, -0.15) is 13.2 Å². The number of rotatable bonds is 5. The van der Waals surface area contributed by atoms with Gasteiger partial charge in [0.25, 0.3) is 5.91 Å². The number of nitrogens with one attached hydrogen (secondary N) is 1. The Bertz CT molecular complexity index is 1500. The van der Waals surface area contributed by atoms with Gasteiger partial charge in [0.2, 0.25) is 0 Å². The Morgan fingerprint density at radius 3 is 2.34 bits per heavy atom. The molecule has 0 atom stereocenters. The van der Waals surface area contributed by atoms with E-state index in [2.05, 4.69) is 17.0 Å². The summed E-state index contributed by atoms with van der Waals surface area (Å²) in [5.74, 6) is -3.83. The number of carbonyl (C=O) groups is 1. The molecule has 0 unspecified atom stereocenters. The van der Waals surface area contributed by atoms with Crippen molar-refractivity contribution >= 4 is 29.7 Å². The van der Waals surface area contributed by atoms with Gasteiger partial charge in [0.1, 0.15) is 5.82 Å². The van der Waals surface area contributed by atoms with E-state index >= 15 is 0 Å². The molecule has 10 heteroatoms. The van der Waals surface area contributed by atoms with Gasteiger partial charge in [-0.05, 0) is 73.0 Å². The molecule has 38 heavy (non-hydrogen) atoms. The first-order chi connectivity index (χ1) is 18.0. The number of hydrogen-bond donors (Lipinski definition) is 1. The van der Waals surface area contributed by atoms with E-state index < -0.39 is 40.7 Å². The van der Waals surface area contributed by atoms with Gasteiger partial charge in [0, 0.05) is 24.0 Å². The summed E-state index contributed by atoms with van der Waals surface area (Å²) in [5, 5.41) is 2.35. The van der Waals surface area contributed by atoms with Crippen molar-refractivity contribution in [3.8, 4) is 0 Å². The van der Waals surface area contributed by atoms with Crippen molar-refractivity contribution in [2.75, 3.05) is 12.4 Å². The first-order valence-corrected chi connectivity index (χ1v) is 11.1. The van der Waals surface area contributed by atoms with Crippen LogP contribution in [0.15, 0.2) is 89.6 Å². The topological polar surface area (TPSA) is 44.7 Å². The Morgan fingerprint density at radius 1 is 0.974 bits per heavy atom. The van der Waals surface area contributed by atoms with E-state index in [9.17, 15) is 31.1 Å². The fourth-order valence-corrected chi connectivity index (χ4v) is 3.97. The normalized spacial score (nSPS) is 14.7. The van der Waals surface area contributed by atoms with Crippen molar-refractivity contribution in [2.45, 2.75) is 6.18 Å². The molecule has 0 aromatic heterocycles. The zero-order valence-electron chi connectivity index (χ0n) is 19.8. The molecule has 1 aliphatic heterocycles. The summed E-state index contributed by atoms with van der Waals surface area (Å²) >= 11 is 0. The van der Waals surface area contributed by atoms with Gasteiger partial charge < -0.3 is 10.2 Å². The molecule has 0 spiro atoms. The molecular formula is C28H19F6N3O. The molecule has 194 valence electrons. The maximum absolute atomic E-state index is 14.5. The number of anilines is 1. The van der Waals surface area contributed by atoms with Crippen LogP contribution < -0.4 is 5.32 Å². The van der Waals surface area contributed by atoms with Gasteiger partial charge in [-0.3, -0.25) is 9.79 Å². The van der Waals surface area contributed by atoms with Crippen molar-refractivity contribution in [1.82, 2.24) is 4.90 Å². The SMILES string of the molecule is C=N/C(=C1/C=CC=C(c2ccc(C(F)(F)F)c(C(=O)Nc3ccc(F)cc3)c2)N1C)c1cccc(F)c1F. The van der Waals surface area contributed by atoms with E-state index in [0.29, 0.717) is 11.4 Å². The number of nitrogens with zero attached hydrogens (tertiary/aromatic N) is 2. The third-order valence-electron chi connectivity index (χ3n) is 5.81. The number of hydrogen-bond acceptors (Lipinski definition) is 3. The third-order valence-corrected chi connectivity index (χ3v) is 5.81. The minimum atomic E-state index is -4.83. The minimum absolute atomic E-state index is 0.00698. The highest BCUT2D eigenvalue weighted by Gasteiger charge is 2.36. The van der Waals surface area contributed by atoms with Crippen molar-refractivity contribution in [3.05, 3.63) is 124 Å². The molecule has 0 radical (unpaired) electrons. The molecule has 4 rings (SSSR count). The fourth-order valence-electron chi connectivity index (χ4n) is 3.97. The predicted octanol–water partition coefficient (Wildman–Crippen LogP) is 7.29. The molecular weight excluding hydrogens is 508 g/mol. The number of carbonyl (C=O) groups excluding carboxylic acids is 1. The molecule has 1 amide bonds. The molecule has 0 saturated carbocycles. The van der Waals surface area contributed by atoms with Gasteiger partial charge in [-0.15, -0.1) is 0 Å². The summed E-state index contributed by atoms with van der Waals surface area (Å²) in [5.41, 5.74) is -0.990. The van der Waals surface area contributed by atoms with E-state index in [1.54, 1.807) is 25.3 Å². The van der Waals surface area contributed by atoms with Crippen LogP contribution in [0.3, 0.4) is 0 Å². The summed E-state index contributed by atoms with van der Waals surface area (Å²) in [6.07, 6.45) is -0.135. The highest BCUT2D eigenvalue weighted by atomic mass is 19.4. The maximum atomic E-state index is 14.5. The monoisotopic (exact) mass is 527 g/mol. The van der Waals surface area contributed by atoms with E-state index in [1.165, 1.54) is 35.2 Å². The van der Waals surface area contributed by atoms with Crippen molar-refractivity contribution < 1.29 is 31.1 Å². The molecule has 4 nitrogen and oxygen atoms in total. The van der Waals surface area contributed by atoms with Crippen LogP contribution >= 0.6 is 0 Å². The van der Waals surface area contributed by atoms with E-state index in [4.69, 9.17) is 0 Å². The van der Waals surface area contributed by atoms with Crippen LogP contribution in [0.5, 0.6) is 0 Å². The lowest BCUT2D eigenvalue weighted by atomic mass is 9.98. The Labute approximate surface area is 213 Å². The Morgan fingerprint density at radius 2 is 1.68 bits per heavy atom. The summed E-state index contributed by atoms with van der Waals surface area (Å²) in [7, 11) is 1.56. The van der Waals surface area contributed by atoms with Crippen molar-refractivity contribution in [1.29, 1.82) is 0 Å². The molecule has 0 fully saturated rings. The lowest BCUT2D eigenvalue weighted by Gasteiger charge is -2.28. The predicted molar refractivity (Wildman–Crippen MR) is 134 cm³/mol. The quantitative estimate of drug-likeness (QED) is 0.280. The fraction of sp³-hybridized carbons (Fsp3) is 0.0714. The highest BCUT2D eigenvalue weighted by Crippen LogP contribution is 2.37. The zero-order chi connectivity index (χ0) is 27.6. The highest BCUT2D eigenvalue weighted by molar-refractivity contribution is 6.06. The number of allylic oxidation sites excluding steroid dienone is 3. The van der Waals surface area contributed by atoms with Gasteiger partial charge in [0.05, 0.1) is 22.5 Å². The largest absolute Gasteiger partial charge is 0.417 e. The van der Waals surface area contributed by atoms with Crippen molar-refractivity contribution in [2.24, 2.45) is 4.99 Å². The number of alkyl halides is 3. The Hall–Kier alpha value is -4.60. The first kappa shape index (κ1) is 26.5. The number of halogens is 6. The third kappa shape index (κ3) is 5.24. The lowest BCUT2D eigenvalue weighted by Crippen LogP contribution is -2.21. The van der Waals surface area contributed by atoms with Gasteiger partial charge in [-0.1, -0.05) is 18.2 Å². The van der Waals surface area contributed by atoms with Gasteiger partial charge >= 0.3 is 6.18 Å². The molecule has 3 aromatic rings. The van der Waals surface area contributed by atoms with Gasteiger partial charge in [0.15, 0.2) is 11.6 Å². The Balaban J connectivity index is 1.77. The van der Waals surface area contributed by atoms with E-state index in [0.717, 1.165) is 30.3 Å². The molecule has 1 aliphatic rings. The maximum Gasteiger partial charge on any atom is 0.417 e. The van der Waals surface area contributed by atoms with Crippen LogP contribution in [-0.2, 0) is 6.18 Å². The number of aliphatic imine (C=N–C) groups is 1. The second kappa shape index (κ2) is 10.4. The number of amides is 1. The molecule has 0 saturated heterocycles. The summed E-state index contributed by atoms with van der Waals surface area (Å²) in [4.78, 5) is 18.3. The van der Waals surface area contributed by atoms with Gasteiger partial charge in [-0.25, -0.2) is 13.2 Å². The molecule has 1 N–H and O–H groups in total. The number of benzene rings is 3. The summed E-state index contributed by atoms with van der Waals surface area (Å²) in [6.45, 7) is 3.46. The Kier molecular flexibility index (Phi) is 7.25. The summed E-state index contributed by atoms with van der Waals surface area (Å²) < 4.78 is 82.9. The average molecular weight is 527 g/mol. The molecule has 3 aromatic carbocycles. The standard InChI is InChI=1S/C28H19F6N3O/c1-35-26(19-5-3-6-22(30)25(19)31)24-8-4-7-23(37(24)2)16-9-14-21(28(32,33)34)20(15-16)27(38)36-18-12-10-17(29)11-13-18/h3-15H,1H2,2H3,(H,36,38)/b26-24-. The van der Waals surface area contributed by atoms with Crippen LogP contribution in [0.2, 0.25) is 0 Å². The number of likely N-dealkylation sites (N-methyl/N-ethyl adjacent to an activating group) is 1. The molecule has 1 heterocycles. The minimum Gasteiger partial charge on any atom is -0.342 e. The lowest BCUT2D eigenvalue weighted by molar-refractivity contribution is -0.137. The first-order valence-electron chi connectivity index (χ1n) is 11.1. The molecule has 0 bridgehead atoms. The van der Waals surface area contributed by atoms with Crippen LogP contribution in [0.1, 0.15) is 27.0 Å². The van der Waals surface area contributed by atoms with Crippen LogP contribution in [0.4, 0.5) is 32.0 Å².